The Bertz CT molecular complexity index is 890. The fraction of sp³-hybridized carbons (Fsp3) is 0.105. The van der Waals surface area contributed by atoms with Gasteiger partial charge in [-0.2, -0.15) is 0 Å². The van der Waals surface area contributed by atoms with Crippen LogP contribution in [0.15, 0.2) is 60.8 Å². The molecule has 0 spiro atoms. The number of aryl methyl sites for hydroxylation is 2. The van der Waals surface area contributed by atoms with E-state index in [2.05, 4.69) is 65.9 Å². The second-order valence-corrected chi connectivity index (χ2v) is 5.56. The van der Waals surface area contributed by atoms with Gasteiger partial charge in [0.05, 0.1) is 11.0 Å². The molecule has 0 aliphatic heterocycles. The van der Waals surface area contributed by atoms with Crippen molar-refractivity contribution in [2.45, 2.75) is 13.8 Å². The van der Waals surface area contributed by atoms with Gasteiger partial charge in [-0.3, -0.25) is 4.57 Å². The van der Waals surface area contributed by atoms with Crippen LogP contribution in [0.3, 0.4) is 0 Å². The normalized spacial score (nSPS) is 11.3. The molecule has 0 atom stereocenters. The largest absolute Gasteiger partial charge is 0.294 e. The molecule has 2 nitrogen and oxygen atoms in total. The van der Waals surface area contributed by atoms with Crippen LogP contribution in [0.4, 0.5) is 0 Å². The smallest absolute Gasteiger partial charge is 0.137 e. The van der Waals surface area contributed by atoms with Crippen LogP contribution in [-0.4, -0.2) is 9.55 Å². The van der Waals surface area contributed by atoms with E-state index in [0.29, 0.717) is 0 Å². The quantitative estimate of drug-likeness (QED) is 0.487. The first-order valence-electron chi connectivity index (χ1n) is 7.17. The Morgan fingerprint density at radius 2 is 1.38 bits per heavy atom. The average molecular weight is 272 g/mol. The van der Waals surface area contributed by atoms with E-state index in [1.807, 2.05) is 18.3 Å². The summed E-state index contributed by atoms with van der Waals surface area (Å²) in [5, 5.41) is 2.58. The second kappa shape index (κ2) is 4.45. The van der Waals surface area contributed by atoms with Crippen LogP contribution in [0, 0.1) is 13.8 Å². The molecule has 0 amide bonds. The lowest BCUT2D eigenvalue weighted by atomic mass is 10.1. The van der Waals surface area contributed by atoms with E-state index in [-0.39, 0.29) is 0 Å². The number of rotatable bonds is 1. The van der Waals surface area contributed by atoms with Crippen LogP contribution in [0.2, 0.25) is 0 Å². The standard InChI is InChI=1S/C19H16N2/c1-13-6-8-17-15(11-13)16-12-14(2)7-9-18(16)21(17)19-5-3-4-10-20-19/h3-12H,1-2H3. The van der Waals surface area contributed by atoms with Crippen LogP contribution >= 0.6 is 0 Å². The molecule has 0 fully saturated rings. The van der Waals surface area contributed by atoms with Gasteiger partial charge >= 0.3 is 0 Å². The predicted octanol–water partition coefficient (Wildman–Crippen LogP) is 4.80. The lowest BCUT2D eigenvalue weighted by molar-refractivity contribution is 1.08. The molecule has 0 bridgehead atoms. The fourth-order valence-electron chi connectivity index (χ4n) is 2.98. The lowest BCUT2D eigenvalue weighted by Crippen LogP contribution is -1.96. The van der Waals surface area contributed by atoms with Crippen molar-refractivity contribution in [2.24, 2.45) is 0 Å². The first-order chi connectivity index (χ1) is 10.2. The molecule has 4 rings (SSSR count). The molecule has 2 heterocycles. The maximum absolute atomic E-state index is 4.53. The molecule has 0 unspecified atom stereocenters. The highest BCUT2D eigenvalue weighted by Gasteiger charge is 2.12. The number of pyridine rings is 1. The van der Waals surface area contributed by atoms with Crippen molar-refractivity contribution in [2.75, 3.05) is 0 Å². The van der Waals surface area contributed by atoms with Gasteiger partial charge < -0.3 is 0 Å². The van der Waals surface area contributed by atoms with Gasteiger partial charge in [0.1, 0.15) is 5.82 Å². The van der Waals surface area contributed by atoms with Gasteiger partial charge in [-0.15, -0.1) is 0 Å². The highest BCUT2D eigenvalue weighted by Crippen LogP contribution is 2.32. The molecule has 0 saturated heterocycles. The van der Waals surface area contributed by atoms with E-state index >= 15 is 0 Å². The molecular formula is C19H16N2. The topological polar surface area (TPSA) is 17.8 Å². The molecule has 2 heteroatoms. The third-order valence-corrected chi connectivity index (χ3v) is 3.95. The Morgan fingerprint density at radius 1 is 0.762 bits per heavy atom. The summed E-state index contributed by atoms with van der Waals surface area (Å²) in [6.45, 7) is 4.28. The van der Waals surface area contributed by atoms with Crippen molar-refractivity contribution in [1.82, 2.24) is 9.55 Å². The van der Waals surface area contributed by atoms with Crippen LogP contribution in [0.25, 0.3) is 27.6 Å². The molecular weight excluding hydrogens is 256 g/mol. The molecule has 2 aromatic heterocycles. The Morgan fingerprint density at radius 3 is 1.90 bits per heavy atom. The summed E-state index contributed by atoms with van der Waals surface area (Å²) in [6, 6.07) is 19.3. The summed E-state index contributed by atoms with van der Waals surface area (Å²) in [4.78, 5) is 4.53. The number of benzene rings is 2. The molecule has 0 radical (unpaired) electrons. The van der Waals surface area contributed by atoms with Crippen LogP contribution < -0.4 is 0 Å². The number of nitrogens with zero attached hydrogens (tertiary/aromatic N) is 2. The Kier molecular flexibility index (Phi) is 2.58. The van der Waals surface area contributed by atoms with Crippen LogP contribution in [0.1, 0.15) is 11.1 Å². The van der Waals surface area contributed by atoms with Crippen molar-refractivity contribution < 1.29 is 0 Å². The predicted molar refractivity (Wildman–Crippen MR) is 88.1 cm³/mol. The van der Waals surface area contributed by atoms with E-state index in [0.717, 1.165) is 5.82 Å². The third kappa shape index (κ3) is 1.83. The molecule has 2 aromatic carbocycles. The van der Waals surface area contributed by atoms with Gasteiger partial charge in [0.25, 0.3) is 0 Å². The number of aromatic nitrogens is 2. The molecule has 21 heavy (non-hydrogen) atoms. The van der Waals surface area contributed by atoms with Gasteiger partial charge in [-0.1, -0.05) is 29.3 Å². The maximum atomic E-state index is 4.53. The van der Waals surface area contributed by atoms with E-state index in [4.69, 9.17) is 0 Å². The minimum absolute atomic E-state index is 0.963. The second-order valence-electron chi connectivity index (χ2n) is 5.56. The van der Waals surface area contributed by atoms with Gasteiger partial charge in [-0.25, -0.2) is 4.98 Å². The highest BCUT2D eigenvalue weighted by atomic mass is 15.1. The fourth-order valence-corrected chi connectivity index (χ4v) is 2.98. The number of hydrogen-bond donors (Lipinski definition) is 0. The maximum Gasteiger partial charge on any atom is 0.137 e. The monoisotopic (exact) mass is 272 g/mol. The number of hydrogen-bond acceptors (Lipinski definition) is 1. The van der Waals surface area contributed by atoms with Gasteiger partial charge in [0, 0.05) is 17.0 Å². The first-order valence-corrected chi connectivity index (χ1v) is 7.17. The van der Waals surface area contributed by atoms with Crippen molar-refractivity contribution in [3.8, 4) is 5.82 Å². The molecule has 4 aromatic rings. The molecule has 0 aliphatic rings. The van der Waals surface area contributed by atoms with Gasteiger partial charge in [0.15, 0.2) is 0 Å². The zero-order valence-corrected chi connectivity index (χ0v) is 12.2. The van der Waals surface area contributed by atoms with Crippen LogP contribution in [0.5, 0.6) is 0 Å². The van der Waals surface area contributed by atoms with E-state index in [9.17, 15) is 0 Å². The zero-order chi connectivity index (χ0) is 14.4. The average Bonchev–Trinajstić information content (AvgIpc) is 2.81. The van der Waals surface area contributed by atoms with E-state index < -0.39 is 0 Å². The van der Waals surface area contributed by atoms with Crippen molar-refractivity contribution >= 4 is 21.8 Å². The molecule has 0 saturated carbocycles. The summed E-state index contributed by atoms with van der Waals surface area (Å²) in [6.07, 6.45) is 1.84. The molecule has 0 N–H and O–H groups in total. The Hall–Kier alpha value is -2.61. The summed E-state index contributed by atoms with van der Waals surface area (Å²) in [5.74, 6) is 0.963. The minimum atomic E-state index is 0.963. The molecule has 0 aliphatic carbocycles. The van der Waals surface area contributed by atoms with Gasteiger partial charge in [0.2, 0.25) is 0 Å². The van der Waals surface area contributed by atoms with Crippen LogP contribution in [-0.2, 0) is 0 Å². The first kappa shape index (κ1) is 12.2. The van der Waals surface area contributed by atoms with Crippen molar-refractivity contribution in [1.29, 1.82) is 0 Å². The summed E-state index contributed by atoms with van der Waals surface area (Å²) in [5.41, 5.74) is 4.98. The Balaban J connectivity index is 2.22. The van der Waals surface area contributed by atoms with Gasteiger partial charge in [-0.05, 0) is 50.2 Å². The zero-order valence-electron chi connectivity index (χ0n) is 12.2. The summed E-state index contributed by atoms with van der Waals surface area (Å²) < 4.78 is 2.24. The Labute approximate surface area is 123 Å². The lowest BCUT2D eigenvalue weighted by Gasteiger charge is -2.06. The third-order valence-electron chi connectivity index (χ3n) is 3.95. The van der Waals surface area contributed by atoms with Crippen molar-refractivity contribution in [3.05, 3.63) is 71.9 Å². The summed E-state index contributed by atoms with van der Waals surface area (Å²) in [7, 11) is 0. The number of fused-ring (bicyclic) bond motifs is 3. The van der Waals surface area contributed by atoms with Crippen molar-refractivity contribution in [3.63, 3.8) is 0 Å². The minimum Gasteiger partial charge on any atom is -0.294 e. The summed E-state index contributed by atoms with van der Waals surface area (Å²) >= 11 is 0. The van der Waals surface area contributed by atoms with E-state index in [1.54, 1.807) is 0 Å². The van der Waals surface area contributed by atoms with E-state index in [1.165, 1.54) is 32.9 Å². The SMILES string of the molecule is Cc1ccc2c(c1)c1cc(C)ccc1n2-c1ccccn1. The molecule has 102 valence electrons. The highest BCUT2D eigenvalue weighted by molar-refractivity contribution is 6.09.